The first kappa shape index (κ1) is 16.6. The maximum Gasteiger partial charge on any atom is 0.324 e. The highest BCUT2D eigenvalue weighted by atomic mass is 32.1. The standard InChI is InChI=1S/C15H15N3O4S/c1-10-3-4-12(7-11(10)2)22-9-14(19)17-16-8-13-5-6-15(23-13)18(20)21/h3-8H,9H2,1-2H3,(H,17,19)/b16-8-. The van der Waals surface area contributed by atoms with Crippen LogP contribution in [0.4, 0.5) is 5.00 Å². The molecule has 1 heterocycles. The summed E-state index contributed by atoms with van der Waals surface area (Å²) in [5.74, 6) is 0.201. The van der Waals surface area contributed by atoms with Gasteiger partial charge in [0.15, 0.2) is 6.61 Å². The van der Waals surface area contributed by atoms with Crippen LogP contribution in [0.3, 0.4) is 0 Å². The van der Waals surface area contributed by atoms with Gasteiger partial charge in [-0.1, -0.05) is 17.4 Å². The Morgan fingerprint density at radius 3 is 2.78 bits per heavy atom. The van der Waals surface area contributed by atoms with Gasteiger partial charge in [0.05, 0.1) is 16.0 Å². The van der Waals surface area contributed by atoms with Crippen molar-refractivity contribution in [3.05, 3.63) is 56.5 Å². The van der Waals surface area contributed by atoms with Crippen molar-refractivity contribution in [2.75, 3.05) is 6.61 Å². The molecule has 0 saturated carbocycles. The van der Waals surface area contributed by atoms with Crippen molar-refractivity contribution in [3.8, 4) is 5.75 Å². The number of carbonyl (C=O) groups excluding carboxylic acids is 1. The third-order valence-electron chi connectivity index (χ3n) is 3.02. The monoisotopic (exact) mass is 333 g/mol. The highest BCUT2D eigenvalue weighted by Gasteiger charge is 2.08. The van der Waals surface area contributed by atoms with E-state index in [0.717, 1.165) is 22.5 Å². The fourth-order valence-electron chi connectivity index (χ4n) is 1.66. The van der Waals surface area contributed by atoms with Crippen molar-refractivity contribution >= 4 is 28.5 Å². The number of amides is 1. The molecule has 0 saturated heterocycles. The van der Waals surface area contributed by atoms with Gasteiger partial charge in [0.25, 0.3) is 5.91 Å². The lowest BCUT2D eigenvalue weighted by Gasteiger charge is -2.07. The van der Waals surface area contributed by atoms with Gasteiger partial charge in [0.2, 0.25) is 0 Å². The number of nitrogens with one attached hydrogen (secondary N) is 1. The van der Waals surface area contributed by atoms with Crippen molar-refractivity contribution < 1.29 is 14.5 Å². The molecule has 0 bridgehead atoms. The van der Waals surface area contributed by atoms with Gasteiger partial charge >= 0.3 is 5.00 Å². The molecule has 2 aromatic rings. The number of rotatable bonds is 6. The Bertz CT molecular complexity index is 755. The predicted molar refractivity (Wildman–Crippen MR) is 88.1 cm³/mol. The van der Waals surface area contributed by atoms with Gasteiger partial charge in [-0.2, -0.15) is 5.10 Å². The smallest absolute Gasteiger partial charge is 0.324 e. The van der Waals surface area contributed by atoms with E-state index < -0.39 is 10.8 Å². The normalized spacial score (nSPS) is 10.7. The van der Waals surface area contributed by atoms with E-state index in [1.807, 2.05) is 26.0 Å². The van der Waals surface area contributed by atoms with Crippen molar-refractivity contribution in [2.24, 2.45) is 5.10 Å². The minimum absolute atomic E-state index is 0.0239. The number of nitrogens with zero attached hydrogens (tertiary/aromatic N) is 2. The average Bonchev–Trinajstić information content (AvgIpc) is 2.97. The lowest BCUT2D eigenvalue weighted by atomic mass is 10.1. The molecule has 120 valence electrons. The first-order valence-corrected chi connectivity index (χ1v) is 7.53. The zero-order valence-electron chi connectivity index (χ0n) is 12.6. The molecule has 23 heavy (non-hydrogen) atoms. The number of aryl methyl sites for hydroxylation is 2. The third-order valence-corrected chi connectivity index (χ3v) is 3.99. The molecule has 1 aromatic heterocycles. The summed E-state index contributed by atoms with van der Waals surface area (Å²) in [4.78, 5) is 22.3. The zero-order chi connectivity index (χ0) is 16.8. The quantitative estimate of drug-likeness (QED) is 0.499. The number of hydrogen-bond donors (Lipinski definition) is 1. The van der Waals surface area contributed by atoms with Crippen LogP contribution in [0, 0.1) is 24.0 Å². The van der Waals surface area contributed by atoms with Crippen molar-refractivity contribution in [1.82, 2.24) is 5.43 Å². The molecule has 0 aliphatic heterocycles. The fourth-order valence-corrected chi connectivity index (χ4v) is 2.36. The summed E-state index contributed by atoms with van der Waals surface area (Å²) in [5, 5.41) is 14.3. The second-order valence-electron chi connectivity index (χ2n) is 4.76. The van der Waals surface area contributed by atoms with Crippen LogP contribution >= 0.6 is 11.3 Å². The Kier molecular flexibility index (Phi) is 5.42. The van der Waals surface area contributed by atoms with Gasteiger partial charge in [0.1, 0.15) is 5.75 Å². The Balaban J connectivity index is 1.81. The molecule has 0 aliphatic rings. The highest BCUT2D eigenvalue weighted by molar-refractivity contribution is 7.16. The van der Waals surface area contributed by atoms with Crippen LogP contribution in [0.1, 0.15) is 16.0 Å². The second kappa shape index (κ2) is 7.50. The molecule has 0 atom stereocenters. The van der Waals surface area contributed by atoms with Crippen LogP contribution in [0.25, 0.3) is 0 Å². The van der Waals surface area contributed by atoms with E-state index in [-0.39, 0.29) is 11.6 Å². The first-order chi connectivity index (χ1) is 11.0. The SMILES string of the molecule is Cc1ccc(OCC(=O)N/N=C\c2ccc([N+](=O)[O-])s2)cc1C. The van der Waals surface area contributed by atoms with Crippen molar-refractivity contribution in [2.45, 2.75) is 13.8 Å². The minimum atomic E-state index is -0.474. The van der Waals surface area contributed by atoms with Crippen LogP contribution in [-0.2, 0) is 4.79 Å². The molecule has 2 rings (SSSR count). The van der Waals surface area contributed by atoms with Crippen LogP contribution in [0.5, 0.6) is 5.75 Å². The molecule has 0 spiro atoms. The Hall–Kier alpha value is -2.74. The van der Waals surface area contributed by atoms with E-state index in [4.69, 9.17) is 4.74 Å². The molecule has 0 radical (unpaired) electrons. The molecular formula is C15H15N3O4S. The number of thiophene rings is 1. The van der Waals surface area contributed by atoms with E-state index >= 15 is 0 Å². The molecule has 0 unspecified atom stereocenters. The van der Waals surface area contributed by atoms with Gasteiger partial charge in [-0.15, -0.1) is 0 Å². The molecule has 1 N–H and O–H groups in total. The Labute approximate surface area is 136 Å². The van der Waals surface area contributed by atoms with Crippen LogP contribution in [-0.4, -0.2) is 23.7 Å². The van der Waals surface area contributed by atoms with Gasteiger partial charge in [-0.05, 0) is 43.2 Å². The van der Waals surface area contributed by atoms with E-state index in [1.165, 1.54) is 12.3 Å². The predicted octanol–water partition coefficient (Wildman–Crippen LogP) is 2.80. The van der Waals surface area contributed by atoms with Crippen LogP contribution in [0.2, 0.25) is 0 Å². The maximum absolute atomic E-state index is 11.6. The number of hydrogen-bond acceptors (Lipinski definition) is 6. The highest BCUT2D eigenvalue weighted by Crippen LogP contribution is 2.22. The zero-order valence-corrected chi connectivity index (χ0v) is 13.4. The Morgan fingerprint density at radius 1 is 1.35 bits per heavy atom. The number of nitro groups is 1. The van der Waals surface area contributed by atoms with Crippen molar-refractivity contribution in [1.29, 1.82) is 0 Å². The van der Waals surface area contributed by atoms with Crippen molar-refractivity contribution in [3.63, 3.8) is 0 Å². The lowest BCUT2D eigenvalue weighted by molar-refractivity contribution is -0.380. The second-order valence-corrected chi connectivity index (χ2v) is 5.85. The minimum Gasteiger partial charge on any atom is -0.484 e. The molecule has 0 fully saturated rings. The molecule has 7 nitrogen and oxygen atoms in total. The van der Waals surface area contributed by atoms with Crippen LogP contribution < -0.4 is 10.2 Å². The van der Waals surface area contributed by atoms with Gasteiger partial charge in [-0.3, -0.25) is 14.9 Å². The van der Waals surface area contributed by atoms with E-state index in [1.54, 1.807) is 12.1 Å². The molecule has 0 aliphatic carbocycles. The lowest BCUT2D eigenvalue weighted by Crippen LogP contribution is -2.24. The number of benzene rings is 1. The van der Waals surface area contributed by atoms with Gasteiger partial charge in [0, 0.05) is 6.07 Å². The van der Waals surface area contributed by atoms with Crippen LogP contribution in [0.15, 0.2) is 35.4 Å². The third kappa shape index (κ3) is 4.89. The van der Waals surface area contributed by atoms with Gasteiger partial charge in [-0.25, -0.2) is 5.43 Å². The number of hydrazone groups is 1. The summed E-state index contributed by atoms with van der Waals surface area (Å²) in [7, 11) is 0. The summed E-state index contributed by atoms with van der Waals surface area (Å²) in [5.41, 5.74) is 4.54. The van der Waals surface area contributed by atoms with Gasteiger partial charge < -0.3 is 4.74 Å². The summed E-state index contributed by atoms with van der Waals surface area (Å²) >= 11 is 0.975. The molecule has 8 heteroatoms. The molecule has 1 aromatic carbocycles. The van der Waals surface area contributed by atoms with E-state index in [0.29, 0.717) is 10.6 Å². The summed E-state index contributed by atoms with van der Waals surface area (Å²) < 4.78 is 5.37. The number of carbonyl (C=O) groups is 1. The fraction of sp³-hybridized carbons (Fsp3) is 0.200. The van der Waals surface area contributed by atoms with E-state index in [2.05, 4.69) is 10.5 Å². The Morgan fingerprint density at radius 2 is 2.13 bits per heavy atom. The maximum atomic E-state index is 11.6. The topological polar surface area (TPSA) is 93.8 Å². The first-order valence-electron chi connectivity index (χ1n) is 6.72. The van der Waals surface area contributed by atoms with E-state index in [9.17, 15) is 14.9 Å². The summed E-state index contributed by atoms with van der Waals surface area (Å²) in [6.07, 6.45) is 1.35. The largest absolute Gasteiger partial charge is 0.484 e. The average molecular weight is 333 g/mol. The molecular weight excluding hydrogens is 318 g/mol. The number of ether oxygens (including phenoxy) is 1. The molecule has 1 amide bonds. The summed E-state index contributed by atoms with van der Waals surface area (Å²) in [6, 6.07) is 8.52. The summed E-state index contributed by atoms with van der Waals surface area (Å²) in [6.45, 7) is 3.80.